The Morgan fingerprint density at radius 1 is 1.43 bits per heavy atom. The number of hydrogen-bond donors (Lipinski definition) is 1. The van der Waals surface area contributed by atoms with Crippen LogP contribution < -0.4 is 4.72 Å². The molecular weight excluding hydrogens is 200 g/mol. The predicted molar refractivity (Wildman–Crippen MR) is 59.5 cm³/mol. The highest BCUT2D eigenvalue weighted by Gasteiger charge is 2.17. The average Bonchev–Trinajstić information content (AvgIpc) is 2.19. The van der Waals surface area contributed by atoms with Crippen molar-refractivity contribution in [3.8, 4) is 0 Å². The topological polar surface area (TPSA) is 49.4 Å². The van der Waals surface area contributed by atoms with Crippen molar-refractivity contribution in [1.82, 2.24) is 9.62 Å². The minimum absolute atomic E-state index is 0. The van der Waals surface area contributed by atoms with Crippen molar-refractivity contribution in [2.24, 2.45) is 0 Å². The Bertz CT molecular complexity index is 297. The maximum Gasteiger partial charge on any atom is 0.237 e. The highest BCUT2D eigenvalue weighted by Crippen LogP contribution is 2.11. The molecule has 1 heterocycles. The highest BCUT2D eigenvalue weighted by molar-refractivity contribution is 7.93. The molecule has 1 fully saturated rings. The van der Waals surface area contributed by atoms with Gasteiger partial charge in [-0.2, -0.15) is 0 Å². The lowest BCUT2D eigenvalue weighted by Crippen LogP contribution is -2.34. The van der Waals surface area contributed by atoms with Crippen LogP contribution in [0.4, 0.5) is 0 Å². The van der Waals surface area contributed by atoms with E-state index < -0.39 is 10.0 Å². The summed E-state index contributed by atoms with van der Waals surface area (Å²) in [6, 6.07) is 0. The number of sulfonamides is 1. The van der Waals surface area contributed by atoms with Gasteiger partial charge in [-0.25, -0.2) is 13.1 Å². The lowest BCUT2D eigenvalue weighted by atomic mass is 10.1. The highest BCUT2D eigenvalue weighted by atomic mass is 32.2. The third-order valence-corrected chi connectivity index (χ3v) is 3.92. The van der Waals surface area contributed by atoms with E-state index in [2.05, 4.69) is 16.2 Å². The molecule has 0 saturated carbocycles. The molecular formula is C9H20N2O2S. The third kappa shape index (κ3) is 3.08. The summed E-state index contributed by atoms with van der Waals surface area (Å²) in [5.74, 6) is 0. The minimum atomic E-state index is -3.28. The molecule has 1 rings (SSSR count). The summed E-state index contributed by atoms with van der Waals surface area (Å²) in [5.41, 5.74) is 0. The molecule has 1 saturated heterocycles. The summed E-state index contributed by atoms with van der Waals surface area (Å²) >= 11 is 0. The van der Waals surface area contributed by atoms with Crippen LogP contribution in [0.15, 0.2) is 11.5 Å². The van der Waals surface area contributed by atoms with Crippen LogP contribution in [0.2, 0.25) is 0 Å². The van der Waals surface area contributed by atoms with Gasteiger partial charge in [-0.15, -0.1) is 0 Å². The normalized spacial score (nSPS) is 19.5. The molecule has 0 radical (unpaired) electrons. The second-order valence-electron chi connectivity index (χ2n) is 3.58. The Labute approximate surface area is 87.5 Å². The number of rotatable bonds is 4. The van der Waals surface area contributed by atoms with Crippen LogP contribution in [-0.2, 0) is 10.0 Å². The van der Waals surface area contributed by atoms with Crippen molar-refractivity contribution in [2.75, 3.05) is 26.7 Å². The molecule has 5 heteroatoms. The molecule has 0 aromatic rings. The zero-order valence-electron chi connectivity index (χ0n) is 8.62. The molecule has 0 amide bonds. The van der Waals surface area contributed by atoms with E-state index in [-0.39, 0.29) is 6.33 Å². The van der Waals surface area contributed by atoms with Gasteiger partial charge in [-0.1, -0.05) is 13.0 Å². The van der Waals surface area contributed by atoms with Crippen molar-refractivity contribution in [2.45, 2.75) is 19.3 Å². The van der Waals surface area contributed by atoms with E-state index in [0.717, 1.165) is 25.9 Å². The van der Waals surface area contributed by atoms with Crippen LogP contribution in [0.1, 0.15) is 20.7 Å². The molecule has 0 aromatic carbocycles. The molecule has 0 atom stereocenters. The van der Waals surface area contributed by atoms with Gasteiger partial charge >= 0.3 is 0 Å². The molecule has 1 aliphatic heterocycles. The smallest absolute Gasteiger partial charge is 0.237 e. The molecule has 0 aromatic heterocycles. The van der Waals surface area contributed by atoms with Crippen molar-refractivity contribution < 1.29 is 9.84 Å². The number of nitrogens with zero attached hydrogens (tertiary/aromatic N) is 1. The van der Waals surface area contributed by atoms with Crippen molar-refractivity contribution >= 4 is 10.0 Å². The maximum atomic E-state index is 11.3. The van der Waals surface area contributed by atoms with E-state index >= 15 is 0 Å². The number of hydrogen-bond acceptors (Lipinski definition) is 3. The van der Waals surface area contributed by atoms with Crippen LogP contribution >= 0.6 is 0 Å². The number of nitrogens with one attached hydrogen (secondary N) is 1. The zero-order chi connectivity index (χ0) is 10.6. The fourth-order valence-electron chi connectivity index (χ4n) is 1.60. The standard InChI is InChI=1S/C9H18N2O2S.H2/c1-9(14(12,13)10-2)8-11-6-4-3-5-7-11;/h10H,1,3-8H2,2H3;1H. The van der Waals surface area contributed by atoms with Crippen molar-refractivity contribution in [3.05, 3.63) is 11.5 Å². The number of piperidine rings is 1. The second kappa shape index (κ2) is 4.91. The summed E-state index contributed by atoms with van der Waals surface area (Å²) in [6.07, 6.45) is 3.57. The van der Waals surface area contributed by atoms with Crippen LogP contribution in [0.25, 0.3) is 0 Å². The van der Waals surface area contributed by atoms with Crippen LogP contribution in [0.3, 0.4) is 0 Å². The molecule has 0 unspecified atom stereocenters. The molecule has 4 nitrogen and oxygen atoms in total. The second-order valence-corrected chi connectivity index (χ2v) is 5.58. The van der Waals surface area contributed by atoms with Gasteiger partial charge in [-0.05, 0) is 33.0 Å². The summed E-state index contributed by atoms with van der Waals surface area (Å²) in [6.45, 7) is 6.03. The SMILES string of the molecule is C=C(CN1CCCCC1)S(=O)(=O)NC.[HH]. The average molecular weight is 220 g/mol. The van der Waals surface area contributed by atoms with Gasteiger partial charge < -0.3 is 0 Å². The fourth-order valence-corrected chi connectivity index (χ4v) is 2.24. The fraction of sp³-hybridized carbons (Fsp3) is 0.778. The van der Waals surface area contributed by atoms with E-state index in [1.165, 1.54) is 13.5 Å². The Morgan fingerprint density at radius 2 is 2.00 bits per heavy atom. The lowest BCUT2D eigenvalue weighted by molar-refractivity contribution is 0.249. The van der Waals surface area contributed by atoms with Crippen LogP contribution in [0, 0.1) is 0 Å². The summed E-state index contributed by atoms with van der Waals surface area (Å²) in [4.78, 5) is 2.41. The molecule has 84 valence electrons. The lowest BCUT2D eigenvalue weighted by Gasteiger charge is -2.26. The van der Waals surface area contributed by atoms with Crippen molar-refractivity contribution in [3.63, 3.8) is 0 Å². The Morgan fingerprint density at radius 3 is 2.50 bits per heavy atom. The van der Waals surface area contributed by atoms with Crippen LogP contribution in [-0.4, -0.2) is 40.0 Å². The van der Waals surface area contributed by atoms with Gasteiger partial charge in [-0.3, -0.25) is 4.90 Å². The van der Waals surface area contributed by atoms with E-state index in [1.54, 1.807) is 0 Å². The summed E-state index contributed by atoms with van der Waals surface area (Å²) in [7, 11) is -1.87. The number of likely N-dealkylation sites (tertiary alicyclic amines) is 1. The summed E-state index contributed by atoms with van der Waals surface area (Å²) in [5, 5.41) is 0. The zero-order valence-corrected chi connectivity index (χ0v) is 9.44. The van der Waals surface area contributed by atoms with Gasteiger partial charge in [0, 0.05) is 7.97 Å². The van der Waals surface area contributed by atoms with E-state index in [9.17, 15) is 8.42 Å². The predicted octanol–water partition coefficient (Wildman–Crippen LogP) is 0.781. The van der Waals surface area contributed by atoms with Gasteiger partial charge in [0.15, 0.2) is 0 Å². The Kier molecular flexibility index (Phi) is 4.10. The molecule has 0 aliphatic carbocycles. The monoisotopic (exact) mass is 220 g/mol. The van der Waals surface area contributed by atoms with E-state index in [1.807, 2.05) is 0 Å². The van der Waals surface area contributed by atoms with E-state index in [4.69, 9.17) is 0 Å². The first-order chi connectivity index (χ1) is 6.56. The van der Waals surface area contributed by atoms with Gasteiger partial charge in [0.05, 0.1) is 4.91 Å². The van der Waals surface area contributed by atoms with Gasteiger partial charge in [0.25, 0.3) is 0 Å². The van der Waals surface area contributed by atoms with Gasteiger partial charge in [0.2, 0.25) is 10.0 Å². The molecule has 1 aliphatic rings. The Balaban J connectivity index is 0.00000196. The van der Waals surface area contributed by atoms with Crippen LogP contribution in [0.5, 0.6) is 0 Å². The molecule has 1 N–H and O–H groups in total. The first-order valence-corrected chi connectivity index (χ1v) is 6.38. The van der Waals surface area contributed by atoms with E-state index in [0.29, 0.717) is 6.54 Å². The molecule has 0 spiro atoms. The van der Waals surface area contributed by atoms with Gasteiger partial charge in [0.1, 0.15) is 0 Å². The molecule has 0 bridgehead atoms. The minimum Gasteiger partial charge on any atom is -0.298 e. The summed E-state index contributed by atoms with van der Waals surface area (Å²) < 4.78 is 24.9. The third-order valence-electron chi connectivity index (χ3n) is 2.50. The first kappa shape index (κ1) is 11.7. The molecule has 14 heavy (non-hydrogen) atoms. The first-order valence-electron chi connectivity index (χ1n) is 4.90. The maximum absolute atomic E-state index is 11.3. The van der Waals surface area contributed by atoms with Crippen molar-refractivity contribution in [1.29, 1.82) is 0 Å². The Hall–Kier alpha value is -0.390. The quantitative estimate of drug-likeness (QED) is 0.761. The largest absolute Gasteiger partial charge is 0.298 e.